The van der Waals surface area contributed by atoms with Crippen molar-refractivity contribution in [3.63, 3.8) is 0 Å². The Morgan fingerprint density at radius 2 is 2.22 bits per heavy atom. The van der Waals surface area contributed by atoms with Crippen LogP contribution in [0, 0.1) is 17.7 Å². The van der Waals surface area contributed by atoms with Gasteiger partial charge in [0.15, 0.2) is 0 Å². The molecule has 0 heterocycles. The van der Waals surface area contributed by atoms with Crippen LogP contribution in [0.3, 0.4) is 0 Å². The standard InChI is InChI=1S/C14H19FN2O/c1-11(18)9-17(2)10-12-5-6-14(15)13(8-12)4-3-7-16/h5-6,8,11,18H,7,9-10,16H2,1-2H3. The van der Waals surface area contributed by atoms with E-state index >= 15 is 0 Å². The number of benzene rings is 1. The van der Waals surface area contributed by atoms with Crippen LogP contribution in [0.15, 0.2) is 18.2 Å². The molecule has 0 bridgehead atoms. The summed E-state index contributed by atoms with van der Waals surface area (Å²) in [6.07, 6.45) is -0.382. The van der Waals surface area contributed by atoms with E-state index in [4.69, 9.17) is 5.73 Å². The van der Waals surface area contributed by atoms with Crippen LogP contribution in [0.25, 0.3) is 0 Å². The molecule has 1 atom stereocenters. The second-order valence-corrected chi connectivity index (χ2v) is 4.37. The molecular weight excluding hydrogens is 231 g/mol. The van der Waals surface area contributed by atoms with E-state index in [1.807, 2.05) is 11.9 Å². The van der Waals surface area contributed by atoms with Crippen molar-refractivity contribution in [2.45, 2.75) is 19.6 Å². The third-order valence-corrected chi connectivity index (χ3v) is 2.38. The number of halogens is 1. The van der Waals surface area contributed by atoms with Crippen LogP contribution in [0.1, 0.15) is 18.1 Å². The molecule has 0 aliphatic carbocycles. The van der Waals surface area contributed by atoms with Crippen molar-refractivity contribution >= 4 is 0 Å². The highest BCUT2D eigenvalue weighted by molar-refractivity contribution is 5.38. The average Bonchev–Trinajstić information content (AvgIpc) is 2.28. The van der Waals surface area contributed by atoms with Gasteiger partial charge in [0.05, 0.1) is 18.2 Å². The Balaban J connectivity index is 2.78. The molecule has 0 aromatic heterocycles. The molecule has 0 saturated heterocycles. The summed E-state index contributed by atoms with van der Waals surface area (Å²) in [6.45, 7) is 3.16. The predicted octanol–water partition coefficient (Wildman–Crippen LogP) is 0.948. The number of hydrogen-bond acceptors (Lipinski definition) is 3. The molecule has 4 heteroatoms. The first-order valence-electron chi connectivity index (χ1n) is 5.87. The van der Waals surface area contributed by atoms with Gasteiger partial charge in [-0.15, -0.1) is 0 Å². The zero-order valence-electron chi connectivity index (χ0n) is 10.8. The first-order valence-corrected chi connectivity index (χ1v) is 5.87. The first kappa shape index (κ1) is 14.7. The quantitative estimate of drug-likeness (QED) is 0.782. The molecule has 1 aromatic carbocycles. The molecule has 18 heavy (non-hydrogen) atoms. The maximum absolute atomic E-state index is 13.4. The maximum atomic E-state index is 13.4. The van der Waals surface area contributed by atoms with Crippen LogP contribution < -0.4 is 5.73 Å². The second kappa shape index (κ2) is 7.12. The highest BCUT2D eigenvalue weighted by Crippen LogP contribution is 2.11. The normalized spacial score (nSPS) is 12.1. The van der Waals surface area contributed by atoms with Crippen LogP contribution in [-0.4, -0.2) is 36.2 Å². The van der Waals surface area contributed by atoms with Gasteiger partial charge in [-0.3, -0.25) is 4.90 Å². The van der Waals surface area contributed by atoms with Crippen LogP contribution >= 0.6 is 0 Å². The first-order chi connectivity index (χ1) is 8.52. The third-order valence-electron chi connectivity index (χ3n) is 2.38. The lowest BCUT2D eigenvalue weighted by Crippen LogP contribution is -2.26. The van der Waals surface area contributed by atoms with Crippen molar-refractivity contribution in [3.8, 4) is 11.8 Å². The van der Waals surface area contributed by atoms with Crippen molar-refractivity contribution < 1.29 is 9.50 Å². The van der Waals surface area contributed by atoms with Gasteiger partial charge in [0.25, 0.3) is 0 Å². The Hall–Kier alpha value is -1.41. The molecule has 0 spiro atoms. The van der Waals surface area contributed by atoms with E-state index in [-0.39, 0.29) is 18.5 Å². The summed E-state index contributed by atoms with van der Waals surface area (Å²) in [7, 11) is 1.90. The molecule has 0 fully saturated rings. The molecule has 1 aromatic rings. The van der Waals surface area contributed by atoms with Crippen LogP contribution in [0.2, 0.25) is 0 Å². The van der Waals surface area contributed by atoms with Crippen molar-refractivity contribution in [2.24, 2.45) is 5.73 Å². The van der Waals surface area contributed by atoms with E-state index < -0.39 is 0 Å². The monoisotopic (exact) mass is 250 g/mol. The summed E-state index contributed by atoms with van der Waals surface area (Å²) in [5.74, 6) is 5.02. The Morgan fingerprint density at radius 1 is 1.50 bits per heavy atom. The van der Waals surface area contributed by atoms with Crippen LogP contribution in [0.4, 0.5) is 4.39 Å². The van der Waals surface area contributed by atoms with Crippen LogP contribution in [-0.2, 0) is 6.54 Å². The van der Waals surface area contributed by atoms with E-state index in [0.29, 0.717) is 18.7 Å². The fourth-order valence-electron chi connectivity index (χ4n) is 1.74. The third kappa shape index (κ3) is 4.84. The minimum atomic E-state index is -0.382. The lowest BCUT2D eigenvalue weighted by atomic mass is 10.1. The van der Waals surface area contributed by atoms with Crippen molar-refractivity contribution in [1.82, 2.24) is 4.90 Å². The van der Waals surface area contributed by atoms with Gasteiger partial charge in [-0.2, -0.15) is 0 Å². The lowest BCUT2D eigenvalue weighted by Gasteiger charge is -2.18. The zero-order valence-corrected chi connectivity index (χ0v) is 10.8. The molecule has 3 nitrogen and oxygen atoms in total. The van der Waals surface area contributed by atoms with E-state index in [9.17, 15) is 9.50 Å². The van der Waals surface area contributed by atoms with Crippen LogP contribution in [0.5, 0.6) is 0 Å². The second-order valence-electron chi connectivity index (χ2n) is 4.37. The summed E-state index contributed by atoms with van der Waals surface area (Å²) < 4.78 is 13.4. The van der Waals surface area contributed by atoms with Crippen molar-refractivity contribution in [1.29, 1.82) is 0 Å². The fourth-order valence-corrected chi connectivity index (χ4v) is 1.74. The van der Waals surface area contributed by atoms with E-state index in [0.717, 1.165) is 5.56 Å². The van der Waals surface area contributed by atoms with E-state index in [1.54, 1.807) is 19.1 Å². The smallest absolute Gasteiger partial charge is 0.138 e. The predicted molar refractivity (Wildman–Crippen MR) is 70.3 cm³/mol. The minimum absolute atomic E-state index is 0.214. The molecule has 3 N–H and O–H groups in total. The van der Waals surface area contributed by atoms with Crippen molar-refractivity contribution in [3.05, 3.63) is 35.1 Å². The summed E-state index contributed by atoms with van der Waals surface area (Å²) in [5, 5.41) is 9.28. The summed E-state index contributed by atoms with van der Waals surface area (Å²) in [5.41, 5.74) is 6.59. The zero-order chi connectivity index (χ0) is 13.5. The molecule has 0 aliphatic rings. The summed E-state index contributed by atoms with van der Waals surface area (Å²) in [4.78, 5) is 1.97. The number of nitrogens with two attached hydrogens (primary N) is 1. The highest BCUT2D eigenvalue weighted by atomic mass is 19.1. The van der Waals surface area contributed by atoms with Gasteiger partial charge in [-0.1, -0.05) is 17.9 Å². The van der Waals surface area contributed by atoms with Gasteiger partial charge < -0.3 is 10.8 Å². The van der Waals surface area contributed by atoms with Gasteiger partial charge in [0, 0.05) is 13.1 Å². The topological polar surface area (TPSA) is 49.5 Å². The molecule has 0 aliphatic heterocycles. The summed E-state index contributed by atoms with van der Waals surface area (Å²) >= 11 is 0. The highest BCUT2D eigenvalue weighted by Gasteiger charge is 2.06. The SMILES string of the molecule is CC(O)CN(C)Cc1ccc(F)c(C#CCN)c1. The molecule has 0 amide bonds. The van der Waals surface area contributed by atoms with Gasteiger partial charge >= 0.3 is 0 Å². The molecule has 1 unspecified atom stereocenters. The molecule has 1 rings (SSSR count). The molecule has 98 valence electrons. The van der Waals surface area contributed by atoms with E-state index in [1.165, 1.54) is 6.07 Å². The Morgan fingerprint density at radius 3 is 2.83 bits per heavy atom. The van der Waals surface area contributed by atoms with Gasteiger partial charge in [0.1, 0.15) is 5.82 Å². The Labute approximate surface area is 107 Å². The van der Waals surface area contributed by atoms with Crippen molar-refractivity contribution in [2.75, 3.05) is 20.1 Å². The Kier molecular flexibility index (Phi) is 5.79. The van der Waals surface area contributed by atoms with Gasteiger partial charge in [0.2, 0.25) is 0 Å². The lowest BCUT2D eigenvalue weighted by molar-refractivity contribution is 0.138. The number of hydrogen-bond donors (Lipinski definition) is 2. The molecule has 0 saturated carbocycles. The summed E-state index contributed by atoms with van der Waals surface area (Å²) in [6, 6.07) is 4.85. The number of nitrogens with zero attached hydrogens (tertiary/aromatic N) is 1. The number of aliphatic hydroxyl groups excluding tert-OH is 1. The fraction of sp³-hybridized carbons (Fsp3) is 0.429. The largest absolute Gasteiger partial charge is 0.392 e. The molecule has 0 radical (unpaired) electrons. The number of rotatable bonds is 4. The number of likely N-dealkylation sites (N-methyl/N-ethyl adjacent to an activating group) is 1. The average molecular weight is 250 g/mol. The van der Waals surface area contributed by atoms with Gasteiger partial charge in [-0.05, 0) is 31.7 Å². The number of aliphatic hydroxyl groups is 1. The maximum Gasteiger partial charge on any atom is 0.138 e. The van der Waals surface area contributed by atoms with Gasteiger partial charge in [-0.25, -0.2) is 4.39 Å². The van der Waals surface area contributed by atoms with E-state index in [2.05, 4.69) is 11.8 Å². The minimum Gasteiger partial charge on any atom is -0.392 e. The molecular formula is C14H19FN2O. The Bertz CT molecular complexity index is 449.